The molecule has 2 atom stereocenters. The van der Waals surface area contributed by atoms with Gasteiger partial charge in [0.1, 0.15) is 5.75 Å². The first-order chi connectivity index (χ1) is 7.78. The van der Waals surface area contributed by atoms with Crippen molar-refractivity contribution in [3.8, 4) is 5.75 Å². The fourth-order valence-corrected chi connectivity index (χ4v) is 2.20. The van der Waals surface area contributed by atoms with Crippen molar-refractivity contribution in [2.75, 3.05) is 7.11 Å². The van der Waals surface area contributed by atoms with Gasteiger partial charge in [0.2, 0.25) is 0 Å². The maximum absolute atomic E-state index is 5.87. The Bertz CT molecular complexity index is 535. The highest BCUT2D eigenvalue weighted by atomic mass is 16.5. The zero-order chi connectivity index (χ0) is 11.1. The minimum Gasteiger partial charge on any atom is -0.497 e. The van der Waals surface area contributed by atoms with E-state index in [0.29, 0.717) is 12.0 Å². The standard InChI is InChI=1S/C14H15NO/c1-16-12-5-4-9-6-11(13-8-14(13)15)3-2-10(9)7-12/h2-7,13-14H,8,15H2,1H3. The number of benzene rings is 2. The van der Waals surface area contributed by atoms with E-state index in [9.17, 15) is 0 Å². The molecule has 2 unspecified atom stereocenters. The summed E-state index contributed by atoms with van der Waals surface area (Å²) >= 11 is 0. The van der Waals surface area contributed by atoms with Crippen molar-refractivity contribution < 1.29 is 4.74 Å². The van der Waals surface area contributed by atoms with Gasteiger partial charge < -0.3 is 10.5 Å². The Morgan fingerprint density at radius 3 is 2.50 bits per heavy atom. The van der Waals surface area contributed by atoms with E-state index in [4.69, 9.17) is 10.5 Å². The summed E-state index contributed by atoms with van der Waals surface area (Å²) in [6.07, 6.45) is 1.13. The van der Waals surface area contributed by atoms with Crippen molar-refractivity contribution >= 4 is 10.8 Å². The van der Waals surface area contributed by atoms with Crippen LogP contribution in [-0.4, -0.2) is 13.2 Å². The molecule has 16 heavy (non-hydrogen) atoms. The van der Waals surface area contributed by atoms with Gasteiger partial charge in [-0.05, 0) is 34.9 Å². The zero-order valence-electron chi connectivity index (χ0n) is 9.31. The SMILES string of the molecule is COc1ccc2cc(C3CC3N)ccc2c1. The van der Waals surface area contributed by atoms with E-state index in [0.717, 1.165) is 12.2 Å². The second-order valence-corrected chi connectivity index (χ2v) is 4.48. The van der Waals surface area contributed by atoms with Crippen LogP contribution in [0.25, 0.3) is 10.8 Å². The summed E-state index contributed by atoms with van der Waals surface area (Å²) in [6, 6.07) is 13.1. The van der Waals surface area contributed by atoms with E-state index < -0.39 is 0 Å². The Morgan fingerprint density at radius 1 is 1.12 bits per heavy atom. The van der Waals surface area contributed by atoms with Crippen LogP contribution >= 0.6 is 0 Å². The normalized spacial score (nSPS) is 23.4. The van der Waals surface area contributed by atoms with Crippen molar-refractivity contribution in [2.24, 2.45) is 5.73 Å². The number of rotatable bonds is 2. The van der Waals surface area contributed by atoms with Gasteiger partial charge in [-0.2, -0.15) is 0 Å². The van der Waals surface area contributed by atoms with Crippen LogP contribution in [0.15, 0.2) is 36.4 Å². The largest absolute Gasteiger partial charge is 0.497 e. The number of hydrogen-bond acceptors (Lipinski definition) is 2. The molecule has 2 nitrogen and oxygen atoms in total. The Labute approximate surface area is 95.0 Å². The molecular weight excluding hydrogens is 198 g/mol. The van der Waals surface area contributed by atoms with Crippen LogP contribution in [0.3, 0.4) is 0 Å². The van der Waals surface area contributed by atoms with Gasteiger partial charge in [0.15, 0.2) is 0 Å². The number of fused-ring (bicyclic) bond motifs is 1. The topological polar surface area (TPSA) is 35.2 Å². The van der Waals surface area contributed by atoms with Gasteiger partial charge in [0, 0.05) is 12.0 Å². The molecule has 2 aromatic carbocycles. The molecule has 1 fully saturated rings. The summed E-state index contributed by atoms with van der Waals surface area (Å²) in [4.78, 5) is 0. The van der Waals surface area contributed by atoms with E-state index in [2.05, 4.69) is 30.3 Å². The highest BCUT2D eigenvalue weighted by Crippen LogP contribution is 2.40. The second-order valence-electron chi connectivity index (χ2n) is 4.48. The van der Waals surface area contributed by atoms with E-state index >= 15 is 0 Å². The number of nitrogens with two attached hydrogens (primary N) is 1. The van der Waals surface area contributed by atoms with Crippen LogP contribution in [0.1, 0.15) is 17.9 Å². The molecule has 0 aliphatic heterocycles. The van der Waals surface area contributed by atoms with Gasteiger partial charge in [0.05, 0.1) is 7.11 Å². The summed E-state index contributed by atoms with van der Waals surface area (Å²) in [5.41, 5.74) is 7.23. The summed E-state index contributed by atoms with van der Waals surface area (Å²) in [5, 5.41) is 2.48. The summed E-state index contributed by atoms with van der Waals surface area (Å²) < 4.78 is 5.21. The van der Waals surface area contributed by atoms with Crippen LogP contribution in [0.5, 0.6) is 5.75 Å². The molecule has 0 spiro atoms. The predicted molar refractivity (Wildman–Crippen MR) is 65.8 cm³/mol. The van der Waals surface area contributed by atoms with Crippen LogP contribution in [-0.2, 0) is 0 Å². The molecule has 3 rings (SSSR count). The molecule has 1 saturated carbocycles. The van der Waals surface area contributed by atoms with Gasteiger partial charge in [0.25, 0.3) is 0 Å². The lowest BCUT2D eigenvalue weighted by Gasteiger charge is -2.05. The molecule has 82 valence electrons. The Balaban J connectivity index is 2.05. The fourth-order valence-electron chi connectivity index (χ4n) is 2.20. The van der Waals surface area contributed by atoms with Gasteiger partial charge in [-0.1, -0.05) is 24.3 Å². The lowest BCUT2D eigenvalue weighted by atomic mass is 10.0. The molecule has 2 aromatic rings. The molecule has 0 heterocycles. The fraction of sp³-hybridized carbons (Fsp3) is 0.286. The van der Waals surface area contributed by atoms with Crippen LogP contribution in [0.2, 0.25) is 0 Å². The van der Waals surface area contributed by atoms with Gasteiger partial charge >= 0.3 is 0 Å². The smallest absolute Gasteiger partial charge is 0.119 e. The highest BCUT2D eigenvalue weighted by Gasteiger charge is 2.34. The molecular formula is C14H15NO. The van der Waals surface area contributed by atoms with Crippen molar-refractivity contribution in [3.63, 3.8) is 0 Å². The van der Waals surface area contributed by atoms with E-state index in [-0.39, 0.29) is 0 Å². The first-order valence-corrected chi connectivity index (χ1v) is 5.61. The number of hydrogen-bond donors (Lipinski definition) is 1. The van der Waals surface area contributed by atoms with Crippen LogP contribution < -0.4 is 10.5 Å². The summed E-state index contributed by atoms with van der Waals surface area (Å²) in [6.45, 7) is 0. The van der Waals surface area contributed by atoms with Crippen LogP contribution in [0.4, 0.5) is 0 Å². The summed E-state index contributed by atoms with van der Waals surface area (Å²) in [7, 11) is 1.69. The third kappa shape index (κ3) is 1.55. The van der Waals surface area contributed by atoms with Crippen molar-refractivity contribution in [1.29, 1.82) is 0 Å². The molecule has 0 amide bonds. The first kappa shape index (κ1) is 9.67. The lowest BCUT2D eigenvalue weighted by molar-refractivity contribution is 0.415. The Hall–Kier alpha value is -1.54. The summed E-state index contributed by atoms with van der Waals surface area (Å²) in [5.74, 6) is 1.48. The molecule has 1 aliphatic rings. The van der Waals surface area contributed by atoms with Gasteiger partial charge in [-0.25, -0.2) is 0 Å². The third-order valence-corrected chi connectivity index (χ3v) is 3.34. The van der Waals surface area contributed by atoms with Crippen molar-refractivity contribution in [3.05, 3.63) is 42.0 Å². The minimum absolute atomic E-state index is 0.371. The Kier molecular flexibility index (Phi) is 2.11. The molecule has 0 radical (unpaired) electrons. The molecule has 0 saturated heterocycles. The predicted octanol–water partition coefficient (Wildman–Crippen LogP) is 2.66. The van der Waals surface area contributed by atoms with Gasteiger partial charge in [-0.3, -0.25) is 0 Å². The monoisotopic (exact) mass is 213 g/mol. The molecule has 1 aliphatic carbocycles. The first-order valence-electron chi connectivity index (χ1n) is 5.61. The number of methoxy groups -OCH3 is 1. The van der Waals surface area contributed by atoms with Crippen molar-refractivity contribution in [2.45, 2.75) is 18.4 Å². The van der Waals surface area contributed by atoms with E-state index in [1.165, 1.54) is 16.3 Å². The minimum atomic E-state index is 0.371. The molecule has 0 bridgehead atoms. The second kappa shape index (κ2) is 3.49. The lowest BCUT2D eigenvalue weighted by Crippen LogP contribution is -2.00. The van der Waals surface area contributed by atoms with E-state index in [1.807, 2.05) is 6.07 Å². The molecule has 2 N–H and O–H groups in total. The zero-order valence-corrected chi connectivity index (χ0v) is 9.31. The maximum atomic E-state index is 5.87. The highest BCUT2D eigenvalue weighted by molar-refractivity contribution is 5.84. The van der Waals surface area contributed by atoms with Crippen LogP contribution in [0, 0.1) is 0 Å². The third-order valence-electron chi connectivity index (χ3n) is 3.34. The quantitative estimate of drug-likeness (QED) is 0.832. The molecule has 0 aromatic heterocycles. The van der Waals surface area contributed by atoms with Crippen molar-refractivity contribution in [1.82, 2.24) is 0 Å². The number of ether oxygens (including phenoxy) is 1. The van der Waals surface area contributed by atoms with E-state index in [1.54, 1.807) is 7.11 Å². The molecule has 2 heteroatoms. The average molecular weight is 213 g/mol. The average Bonchev–Trinajstić information content (AvgIpc) is 3.05. The Morgan fingerprint density at radius 2 is 1.81 bits per heavy atom. The maximum Gasteiger partial charge on any atom is 0.119 e. The van der Waals surface area contributed by atoms with Gasteiger partial charge in [-0.15, -0.1) is 0 Å².